The molecule has 0 bridgehead atoms. The van der Waals surface area contributed by atoms with E-state index in [1.54, 1.807) is 12.0 Å². The molecule has 0 aliphatic carbocycles. The largest absolute Gasteiger partial charge is 0.497 e. The average molecular weight is 409 g/mol. The molecule has 2 aliphatic rings. The quantitative estimate of drug-likeness (QED) is 0.675. The topological polar surface area (TPSA) is 51.1 Å². The first-order valence-corrected chi connectivity index (χ1v) is 10.6. The van der Waals surface area contributed by atoms with E-state index in [1.165, 1.54) is 17.3 Å². The fourth-order valence-electron chi connectivity index (χ4n) is 3.36. The van der Waals surface area contributed by atoms with Crippen LogP contribution >= 0.6 is 11.8 Å². The van der Waals surface area contributed by atoms with Gasteiger partial charge in [-0.25, -0.2) is 0 Å². The summed E-state index contributed by atoms with van der Waals surface area (Å²) >= 11 is 1.42. The van der Waals surface area contributed by atoms with Crippen LogP contribution in [-0.2, 0) is 11.2 Å². The molecule has 0 saturated carbocycles. The molecule has 0 aromatic heterocycles. The molecule has 6 heteroatoms. The van der Waals surface area contributed by atoms with Gasteiger partial charge in [0.2, 0.25) is 0 Å². The number of hydrogen-bond acceptors (Lipinski definition) is 5. The van der Waals surface area contributed by atoms with Crippen molar-refractivity contribution in [3.05, 3.63) is 58.5 Å². The van der Waals surface area contributed by atoms with Crippen LogP contribution in [0.3, 0.4) is 0 Å². The van der Waals surface area contributed by atoms with Crippen LogP contribution in [0.2, 0.25) is 0 Å². The Hall–Kier alpha value is -2.73. The zero-order chi connectivity index (χ0) is 20.4. The number of anilines is 1. The van der Waals surface area contributed by atoms with Crippen molar-refractivity contribution in [2.75, 3.05) is 18.6 Å². The van der Waals surface area contributed by atoms with Crippen molar-refractivity contribution in [1.29, 1.82) is 0 Å². The van der Waals surface area contributed by atoms with E-state index in [2.05, 4.69) is 11.1 Å². The van der Waals surface area contributed by atoms with Gasteiger partial charge < -0.3 is 9.47 Å². The maximum Gasteiger partial charge on any atom is 0.271 e. The Bertz CT molecular complexity index is 980. The fraction of sp³-hybridized carbons (Fsp3) is 0.304. The molecule has 0 unspecified atom stereocenters. The second-order valence-corrected chi connectivity index (χ2v) is 8.28. The number of methoxy groups -OCH3 is 1. The van der Waals surface area contributed by atoms with E-state index in [-0.39, 0.29) is 11.9 Å². The molecule has 1 fully saturated rings. The van der Waals surface area contributed by atoms with Crippen LogP contribution in [-0.4, -0.2) is 30.8 Å². The van der Waals surface area contributed by atoms with Crippen LogP contribution in [0, 0.1) is 0 Å². The first-order valence-electron chi connectivity index (χ1n) is 9.77. The second kappa shape index (κ2) is 8.33. The van der Waals surface area contributed by atoms with Crippen molar-refractivity contribution >= 4 is 34.6 Å². The molecular weight excluding hydrogens is 384 g/mol. The standard InChI is InChI=1S/C23H24N2O3S/c1-15(2)24-23-25(18-7-9-19(27-3)10-8-18)22(26)21(29-23)14-16-6-11-20-17(13-16)5-4-12-28-20/h6-11,13-15H,4-5,12H2,1-3H3/b21-14-,24-23-. The predicted molar refractivity (Wildman–Crippen MR) is 119 cm³/mol. The molecule has 2 aromatic carbocycles. The smallest absolute Gasteiger partial charge is 0.271 e. The zero-order valence-corrected chi connectivity index (χ0v) is 17.7. The van der Waals surface area contributed by atoms with Gasteiger partial charge in [0.15, 0.2) is 5.17 Å². The second-order valence-electron chi connectivity index (χ2n) is 7.27. The van der Waals surface area contributed by atoms with E-state index in [1.807, 2.05) is 56.3 Å². The number of amidine groups is 1. The summed E-state index contributed by atoms with van der Waals surface area (Å²) in [5, 5.41) is 0.697. The molecule has 1 saturated heterocycles. The third-order valence-electron chi connectivity index (χ3n) is 4.74. The summed E-state index contributed by atoms with van der Waals surface area (Å²) in [4.78, 5) is 20.3. The molecule has 5 nitrogen and oxygen atoms in total. The van der Waals surface area contributed by atoms with E-state index in [4.69, 9.17) is 9.47 Å². The first-order chi connectivity index (χ1) is 14.0. The van der Waals surface area contributed by atoms with Crippen LogP contribution in [0.15, 0.2) is 52.4 Å². The number of carbonyl (C=O) groups excluding carboxylic acids is 1. The lowest BCUT2D eigenvalue weighted by Gasteiger charge is -2.17. The zero-order valence-electron chi connectivity index (χ0n) is 16.8. The summed E-state index contributed by atoms with van der Waals surface area (Å²) in [6.07, 6.45) is 3.98. The number of ether oxygens (including phenoxy) is 2. The summed E-state index contributed by atoms with van der Waals surface area (Å²) in [7, 11) is 1.63. The minimum atomic E-state index is -0.0615. The minimum absolute atomic E-state index is 0.0615. The van der Waals surface area contributed by atoms with E-state index in [9.17, 15) is 4.79 Å². The molecule has 2 aromatic rings. The highest BCUT2D eigenvalue weighted by atomic mass is 32.2. The maximum atomic E-state index is 13.2. The Morgan fingerprint density at radius 3 is 2.72 bits per heavy atom. The molecule has 0 N–H and O–H groups in total. The van der Waals surface area contributed by atoms with E-state index >= 15 is 0 Å². The molecular formula is C23H24N2O3S. The van der Waals surface area contributed by atoms with Crippen molar-refractivity contribution in [3.63, 3.8) is 0 Å². The van der Waals surface area contributed by atoms with Gasteiger partial charge in [0.1, 0.15) is 11.5 Å². The normalized spacial score (nSPS) is 19.0. The summed E-state index contributed by atoms with van der Waals surface area (Å²) < 4.78 is 10.9. The molecule has 0 radical (unpaired) electrons. The molecule has 150 valence electrons. The number of amides is 1. The van der Waals surface area contributed by atoms with Gasteiger partial charge in [-0.05, 0) is 92.1 Å². The molecule has 29 heavy (non-hydrogen) atoms. The maximum absolute atomic E-state index is 13.2. The molecule has 0 atom stereocenters. The van der Waals surface area contributed by atoms with Gasteiger partial charge in [0.05, 0.1) is 24.3 Å². The highest BCUT2D eigenvalue weighted by Gasteiger charge is 2.34. The van der Waals surface area contributed by atoms with E-state index < -0.39 is 0 Å². The lowest BCUT2D eigenvalue weighted by atomic mass is 10.0. The van der Waals surface area contributed by atoms with Gasteiger partial charge >= 0.3 is 0 Å². The minimum Gasteiger partial charge on any atom is -0.497 e. The van der Waals surface area contributed by atoms with Gasteiger partial charge in [-0.2, -0.15) is 0 Å². The van der Waals surface area contributed by atoms with Gasteiger partial charge in [0, 0.05) is 6.04 Å². The summed E-state index contributed by atoms with van der Waals surface area (Å²) in [6.45, 7) is 4.79. The van der Waals surface area contributed by atoms with E-state index in [0.717, 1.165) is 42.2 Å². The van der Waals surface area contributed by atoms with Gasteiger partial charge in [-0.1, -0.05) is 6.07 Å². The molecule has 4 rings (SSSR count). The lowest BCUT2D eigenvalue weighted by Crippen LogP contribution is -2.29. The molecule has 2 heterocycles. The Balaban J connectivity index is 1.68. The fourth-order valence-corrected chi connectivity index (χ4v) is 4.47. The summed E-state index contributed by atoms with van der Waals surface area (Å²) in [6, 6.07) is 13.7. The number of aliphatic imine (C=N–C) groups is 1. The van der Waals surface area contributed by atoms with Crippen LogP contribution < -0.4 is 14.4 Å². The lowest BCUT2D eigenvalue weighted by molar-refractivity contribution is -0.113. The van der Waals surface area contributed by atoms with Crippen LogP contribution in [0.25, 0.3) is 6.08 Å². The average Bonchev–Trinajstić information content (AvgIpc) is 3.02. The third-order valence-corrected chi connectivity index (χ3v) is 5.72. The number of rotatable bonds is 4. The number of nitrogens with zero attached hydrogens (tertiary/aromatic N) is 2. The van der Waals surface area contributed by atoms with Crippen molar-refractivity contribution in [2.45, 2.75) is 32.7 Å². The summed E-state index contributed by atoms with van der Waals surface area (Å²) in [5.74, 6) is 1.64. The van der Waals surface area contributed by atoms with Gasteiger partial charge in [-0.3, -0.25) is 14.7 Å². The number of hydrogen-bond donors (Lipinski definition) is 0. The molecule has 1 amide bonds. The van der Waals surface area contributed by atoms with Crippen molar-refractivity contribution in [2.24, 2.45) is 4.99 Å². The number of thioether (sulfide) groups is 1. The summed E-state index contributed by atoms with van der Waals surface area (Å²) in [5.41, 5.74) is 2.99. The van der Waals surface area contributed by atoms with E-state index in [0.29, 0.717) is 10.1 Å². The number of fused-ring (bicyclic) bond motifs is 1. The third kappa shape index (κ3) is 4.17. The number of carbonyl (C=O) groups is 1. The van der Waals surface area contributed by atoms with Crippen molar-refractivity contribution in [3.8, 4) is 11.5 Å². The monoisotopic (exact) mass is 408 g/mol. The Morgan fingerprint density at radius 1 is 1.21 bits per heavy atom. The Labute approximate surface area is 175 Å². The first kappa shape index (κ1) is 19.6. The Kier molecular flexibility index (Phi) is 5.62. The van der Waals surface area contributed by atoms with Crippen LogP contribution in [0.5, 0.6) is 11.5 Å². The van der Waals surface area contributed by atoms with Crippen molar-refractivity contribution < 1.29 is 14.3 Å². The van der Waals surface area contributed by atoms with Gasteiger partial charge in [0.25, 0.3) is 5.91 Å². The molecule has 2 aliphatic heterocycles. The predicted octanol–water partition coefficient (Wildman–Crippen LogP) is 4.91. The SMILES string of the molecule is COc1ccc(N2C(=O)/C(=C/c3ccc4c(c3)CCCO4)S/C2=N\C(C)C)cc1. The highest BCUT2D eigenvalue weighted by molar-refractivity contribution is 8.19. The van der Waals surface area contributed by atoms with Gasteiger partial charge in [-0.15, -0.1) is 0 Å². The Morgan fingerprint density at radius 2 is 2.00 bits per heavy atom. The number of benzene rings is 2. The number of aryl methyl sites for hydroxylation is 1. The van der Waals surface area contributed by atoms with Crippen LogP contribution in [0.4, 0.5) is 5.69 Å². The van der Waals surface area contributed by atoms with Crippen molar-refractivity contribution in [1.82, 2.24) is 0 Å². The molecule has 0 spiro atoms. The van der Waals surface area contributed by atoms with Crippen LogP contribution in [0.1, 0.15) is 31.4 Å². The highest BCUT2D eigenvalue weighted by Crippen LogP contribution is 2.37.